The third-order valence-electron chi connectivity index (χ3n) is 2.82. The van der Waals surface area contributed by atoms with Gasteiger partial charge in [-0.1, -0.05) is 0 Å². The van der Waals surface area contributed by atoms with E-state index in [1.165, 1.54) is 0 Å². The Kier molecular flexibility index (Phi) is 4.98. The minimum Gasteiger partial charge on any atom is -0.481 e. The average Bonchev–Trinajstić information content (AvgIpc) is 2.75. The van der Waals surface area contributed by atoms with E-state index in [1.54, 1.807) is 0 Å². The van der Waals surface area contributed by atoms with Crippen LogP contribution in [0.5, 0.6) is 0 Å². The predicted octanol–water partition coefficient (Wildman–Crippen LogP) is 0.369. The van der Waals surface area contributed by atoms with Gasteiger partial charge < -0.3 is 20.0 Å². The number of aliphatic carboxylic acids is 1. The lowest BCUT2D eigenvalue weighted by molar-refractivity contribution is -0.143. The van der Waals surface area contributed by atoms with Crippen molar-refractivity contribution in [1.29, 1.82) is 0 Å². The first-order valence-electron chi connectivity index (χ1n) is 5.69. The Balaban J connectivity index is 2.65. The fourth-order valence-corrected chi connectivity index (χ4v) is 1.92. The fraction of sp³-hybridized carbons (Fsp3) is 0.800. The number of rotatable bonds is 4. The summed E-state index contributed by atoms with van der Waals surface area (Å²) in [6.45, 7) is -2.48. The molecule has 1 atom stereocenters. The number of amides is 2. The fourth-order valence-electron chi connectivity index (χ4n) is 1.92. The van der Waals surface area contributed by atoms with Crippen molar-refractivity contribution in [3.63, 3.8) is 0 Å². The van der Waals surface area contributed by atoms with Gasteiger partial charge in [0.1, 0.15) is 6.54 Å². The van der Waals surface area contributed by atoms with Gasteiger partial charge in [0.05, 0.1) is 12.5 Å². The van der Waals surface area contributed by atoms with Crippen LogP contribution >= 0.6 is 0 Å². The third kappa shape index (κ3) is 4.58. The minimum atomic E-state index is -4.56. The van der Waals surface area contributed by atoms with Crippen molar-refractivity contribution >= 4 is 12.0 Å². The van der Waals surface area contributed by atoms with E-state index in [0.29, 0.717) is 4.90 Å². The zero-order valence-corrected chi connectivity index (χ0v) is 10.1. The maximum absolute atomic E-state index is 12.3. The van der Waals surface area contributed by atoms with E-state index in [2.05, 4.69) is 0 Å². The Bertz CT molecular complexity index is 348. The van der Waals surface area contributed by atoms with Crippen molar-refractivity contribution in [2.45, 2.75) is 12.6 Å². The first kappa shape index (κ1) is 15.5. The lowest BCUT2D eigenvalue weighted by atomic mass is 10.1. The van der Waals surface area contributed by atoms with E-state index in [4.69, 9.17) is 10.2 Å². The van der Waals surface area contributed by atoms with Gasteiger partial charge in [-0.05, 0) is 6.42 Å². The normalized spacial score (nSPS) is 19.6. The Morgan fingerprint density at radius 2 is 2.00 bits per heavy atom. The third-order valence-corrected chi connectivity index (χ3v) is 2.82. The lowest BCUT2D eigenvalue weighted by Gasteiger charge is -2.28. The van der Waals surface area contributed by atoms with Crippen LogP contribution in [0.2, 0.25) is 0 Å². The summed E-state index contributed by atoms with van der Waals surface area (Å²) in [6, 6.07) is -0.893. The van der Waals surface area contributed by atoms with Crippen molar-refractivity contribution in [3.05, 3.63) is 0 Å². The maximum Gasteiger partial charge on any atom is 0.406 e. The Hall–Kier alpha value is -1.51. The monoisotopic (exact) mass is 284 g/mol. The molecular weight excluding hydrogens is 269 g/mol. The molecule has 1 rings (SSSR count). The number of hydrogen-bond donors (Lipinski definition) is 2. The molecule has 1 unspecified atom stereocenters. The van der Waals surface area contributed by atoms with Gasteiger partial charge >= 0.3 is 18.2 Å². The highest BCUT2D eigenvalue weighted by Gasteiger charge is 2.37. The summed E-state index contributed by atoms with van der Waals surface area (Å²) in [7, 11) is 0. The molecule has 0 aliphatic carbocycles. The van der Waals surface area contributed by atoms with Crippen molar-refractivity contribution in [3.8, 4) is 0 Å². The van der Waals surface area contributed by atoms with E-state index in [-0.39, 0.29) is 19.5 Å². The van der Waals surface area contributed by atoms with Gasteiger partial charge in [0.2, 0.25) is 0 Å². The molecule has 0 bridgehead atoms. The number of likely N-dealkylation sites (tertiary alicyclic amines) is 1. The Labute approximate surface area is 107 Å². The van der Waals surface area contributed by atoms with Crippen molar-refractivity contribution in [2.75, 3.05) is 32.8 Å². The van der Waals surface area contributed by atoms with Crippen LogP contribution in [0, 0.1) is 5.92 Å². The van der Waals surface area contributed by atoms with Gasteiger partial charge in [-0.3, -0.25) is 4.79 Å². The number of urea groups is 1. The minimum absolute atomic E-state index is 0.103. The molecule has 2 N–H and O–H groups in total. The first-order valence-corrected chi connectivity index (χ1v) is 5.69. The van der Waals surface area contributed by atoms with Crippen LogP contribution in [0.25, 0.3) is 0 Å². The number of hydrogen-bond acceptors (Lipinski definition) is 3. The summed E-state index contributed by atoms with van der Waals surface area (Å²) in [4.78, 5) is 24.1. The number of carboxylic acids is 1. The number of aliphatic hydroxyl groups is 1. The second kappa shape index (κ2) is 6.09. The molecule has 6 nitrogen and oxygen atoms in total. The van der Waals surface area contributed by atoms with Crippen LogP contribution in [0.3, 0.4) is 0 Å². The lowest BCUT2D eigenvalue weighted by Crippen LogP contribution is -2.47. The number of carboxylic acid groups (broad SMARTS) is 1. The molecule has 9 heteroatoms. The Morgan fingerprint density at radius 3 is 2.42 bits per heavy atom. The predicted molar refractivity (Wildman–Crippen MR) is 57.4 cm³/mol. The summed E-state index contributed by atoms with van der Waals surface area (Å²) < 4.78 is 36.9. The Morgan fingerprint density at radius 1 is 1.37 bits per heavy atom. The van der Waals surface area contributed by atoms with E-state index in [1.807, 2.05) is 0 Å². The van der Waals surface area contributed by atoms with Crippen LogP contribution in [-0.4, -0.2) is 71.0 Å². The molecule has 1 heterocycles. The number of halogens is 3. The van der Waals surface area contributed by atoms with Crippen LogP contribution in [-0.2, 0) is 4.79 Å². The van der Waals surface area contributed by atoms with E-state index in [9.17, 15) is 22.8 Å². The number of aliphatic hydroxyl groups excluding tert-OH is 1. The van der Waals surface area contributed by atoms with E-state index < -0.39 is 43.8 Å². The first-order chi connectivity index (χ1) is 8.74. The number of carbonyl (C=O) groups excluding carboxylic acids is 1. The van der Waals surface area contributed by atoms with Crippen molar-refractivity contribution in [1.82, 2.24) is 9.80 Å². The molecular formula is C10H15F3N2O4. The van der Waals surface area contributed by atoms with Gasteiger partial charge in [-0.25, -0.2) is 4.79 Å². The molecule has 0 saturated carbocycles. The molecule has 110 valence electrons. The molecule has 0 aromatic carbocycles. The molecule has 1 aliphatic heterocycles. The van der Waals surface area contributed by atoms with Crippen LogP contribution in [0.4, 0.5) is 18.0 Å². The van der Waals surface area contributed by atoms with E-state index >= 15 is 0 Å². The number of alkyl halides is 3. The molecule has 1 aliphatic rings. The standard InChI is InChI=1S/C10H15F3N2O4/c11-10(12,13)6-15(3-4-16)9(19)14-2-1-7(5-14)8(17)18/h7,16H,1-6H2,(H,17,18). The van der Waals surface area contributed by atoms with Crippen molar-refractivity contribution < 1.29 is 33.0 Å². The molecule has 2 amide bonds. The second-order valence-corrected chi connectivity index (χ2v) is 4.31. The van der Waals surface area contributed by atoms with Gasteiger partial charge in [0.15, 0.2) is 0 Å². The van der Waals surface area contributed by atoms with Gasteiger partial charge in [-0.2, -0.15) is 13.2 Å². The van der Waals surface area contributed by atoms with Crippen LogP contribution in [0.1, 0.15) is 6.42 Å². The van der Waals surface area contributed by atoms with Crippen LogP contribution < -0.4 is 0 Å². The molecule has 0 aromatic rings. The summed E-state index contributed by atoms with van der Waals surface area (Å²) in [6.07, 6.45) is -4.34. The molecule has 19 heavy (non-hydrogen) atoms. The quantitative estimate of drug-likeness (QED) is 0.781. The summed E-state index contributed by atoms with van der Waals surface area (Å²) in [5, 5.41) is 17.5. The topological polar surface area (TPSA) is 81.1 Å². The molecule has 0 radical (unpaired) electrons. The summed E-state index contributed by atoms with van der Waals surface area (Å²) >= 11 is 0. The van der Waals surface area contributed by atoms with Gasteiger partial charge in [-0.15, -0.1) is 0 Å². The summed E-state index contributed by atoms with van der Waals surface area (Å²) in [5.74, 6) is -1.81. The number of nitrogens with zero attached hydrogens (tertiary/aromatic N) is 2. The average molecular weight is 284 g/mol. The second-order valence-electron chi connectivity index (χ2n) is 4.31. The smallest absolute Gasteiger partial charge is 0.406 e. The van der Waals surface area contributed by atoms with Crippen molar-refractivity contribution in [2.24, 2.45) is 5.92 Å². The molecule has 1 fully saturated rings. The zero-order chi connectivity index (χ0) is 14.6. The summed E-state index contributed by atoms with van der Waals surface area (Å²) in [5.41, 5.74) is 0. The largest absolute Gasteiger partial charge is 0.481 e. The highest BCUT2D eigenvalue weighted by Crippen LogP contribution is 2.21. The van der Waals surface area contributed by atoms with Gasteiger partial charge in [0.25, 0.3) is 0 Å². The van der Waals surface area contributed by atoms with Crippen LogP contribution in [0.15, 0.2) is 0 Å². The van der Waals surface area contributed by atoms with Gasteiger partial charge in [0, 0.05) is 19.6 Å². The molecule has 1 saturated heterocycles. The number of carbonyl (C=O) groups is 2. The maximum atomic E-state index is 12.3. The zero-order valence-electron chi connectivity index (χ0n) is 10.1. The molecule has 0 spiro atoms. The highest BCUT2D eigenvalue weighted by atomic mass is 19.4. The SMILES string of the molecule is O=C(O)C1CCN(C(=O)N(CCO)CC(F)(F)F)C1. The highest BCUT2D eigenvalue weighted by molar-refractivity contribution is 5.77. The van der Waals surface area contributed by atoms with E-state index in [0.717, 1.165) is 4.90 Å². The molecule has 0 aromatic heterocycles.